The molecule has 18 heavy (non-hydrogen) atoms. The van der Waals surface area contributed by atoms with Crippen molar-refractivity contribution in [2.75, 3.05) is 33.4 Å². The molecule has 0 atom stereocenters. The number of carbonyl (C=O) groups excluding carboxylic acids is 1. The SMILES string of the molecule is COCCN(CCC(N)=NO)C(=O)OCC(C)C. The average molecular weight is 261 g/mol. The van der Waals surface area contributed by atoms with E-state index in [4.69, 9.17) is 20.4 Å². The molecule has 0 aromatic rings. The van der Waals surface area contributed by atoms with E-state index >= 15 is 0 Å². The van der Waals surface area contributed by atoms with Crippen LogP contribution in [0.4, 0.5) is 4.79 Å². The summed E-state index contributed by atoms with van der Waals surface area (Å²) in [5, 5.41) is 11.3. The van der Waals surface area contributed by atoms with Gasteiger partial charge in [-0.1, -0.05) is 19.0 Å². The molecule has 1 amide bonds. The molecule has 0 aliphatic rings. The molecule has 0 spiro atoms. The van der Waals surface area contributed by atoms with Gasteiger partial charge in [-0.3, -0.25) is 0 Å². The fraction of sp³-hybridized carbons (Fsp3) is 0.818. The molecule has 0 rings (SSSR count). The summed E-state index contributed by atoms with van der Waals surface area (Å²) >= 11 is 0. The molecule has 7 nitrogen and oxygen atoms in total. The summed E-state index contributed by atoms with van der Waals surface area (Å²) in [5.41, 5.74) is 5.36. The number of amides is 1. The number of amidine groups is 1. The normalized spacial score (nSPS) is 11.7. The lowest BCUT2D eigenvalue weighted by Crippen LogP contribution is -2.37. The fourth-order valence-electron chi connectivity index (χ4n) is 1.12. The molecule has 0 saturated heterocycles. The minimum Gasteiger partial charge on any atom is -0.449 e. The van der Waals surface area contributed by atoms with Gasteiger partial charge in [0.2, 0.25) is 0 Å². The molecule has 0 radical (unpaired) electrons. The monoisotopic (exact) mass is 261 g/mol. The standard InChI is InChI=1S/C11H23N3O4/c1-9(2)8-18-11(15)14(6-7-17-3)5-4-10(12)13-16/h9,16H,4-8H2,1-3H3,(H2,12,13). The number of rotatable bonds is 8. The van der Waals surface area contributed by atoms with Crippen molar-refractivity contribution in [1.29, 1.82) is 0 Å². The molecule has 0 bridgehead atoms. The van der Waals surface area contributed by atoms with Crippen molar-refractivity contribution in [2.45, 2.75) is 20.3 Å². The van der Waals surface area contributed by atoms with Gasteiger partial charge in [0, 0.05) is 26.6 Å². The van der Waals surface area contributed by atoms with Gasteiger partial charge in [-0.05, 0) is 5.92 Å². The number of oxime groups is 1. The Labute approximate surface area is 108 Å². The van der Waals surface area contributed by atoms with E-state index in [1.165, 1.54) is 4.90 Å². The maximum Gasteiger partial charge on any atom is 0.409 e. The van der Waals surface area contributed by atoms with Crippen LogP contribution in [0.15, 0.2) is 5.16 Å². The second-order valence-electron chi connectivity index (χ2n) is 4.29. The first-order valence-electron chi connectivity index (χ1n) is 5.88. The number of nitrogens with two attached hydrogens (primary N) is 1. The van der Waals surface area contributed by atoms with Gasteiger partial charge in [0.25, 0.3) is 0 Å². The number of hydrogen-bond acceptors (Lipinski definition) is 5. The largest absolute Gasteiger partial charge is 0.449 e. The molecule has 0 saturated carbocycles. The van der Waals surface area contributed by atoms with Crippen LogP contribution in [0.1, 0.15) is 20.3 Å². The summed E-state index contributed by atoms with van der Waals surface area (Å²) < 4.78 is 10.0. The Morgan fingerprint density at radius 1 is 1.44 bits per heavy atom. The molecule has 3 N–H and O–H groups in total. The highest BCUT2D eigenvalue weighted by Gasteiger charge is 2.15. The number of ether oxygens (including phenoxy) is 2. The van der Waals surface area contributed by atoms with E-state index < -0.39 is 6.09 Å². The van der Waals surface area contributed by atoms with Crippen molar-refractivity contribution in [1.82, 2.24) is 4.90 Å². The van der Waals surface area contributed by atoms with Gasteiger partial charge in [0.15, 0.2) is 0 Å². The molecule has 7 heteroatoms. The van der Waals surface area contributed by atoms with Crippen LogP contribution < -0.4 is 5.73 Å². The minimum absolute atomic E-state index is 0.0778. The molecule has 0 fully saturated rings. The number of nitrogens with zero attached hydrogens (tertiary/aromatic N) is 2. The zero-order chi connectivity index (χ0) is 14.0. The predicted octanol–water partition coefficient (Wildman–Crippen LogP) is 0.864. The topological polar surface area (TPSA) is 97.4 Å². The molecule has 106 valence electrons. The fourth-order valence-corrected chi connectivity index (χ4v) is 1.12. The van der Waals surface area contributed by atoms with E-state index in [-0.39, 0.29) is 18.2 Å². The van der Waals surface area contributed by atoms with Crippen molar-refractivity contribution in [3.8, 4) is 0 Å². The Morgan fingerprint density at radius 2 is 2.11 bits per heavy atom. The van der Waals surface area contributed by atoms with Gasteiger partial charge in [-0.25, -0.2) is 4.79 Å². The minimum atomic E-state index is -0.411. The molecule has 0 aromatic carbocycles. The summed E-state index contributed by atoms with van der Waals surface area (Å²) in [6.45, 7) is 5.44. The maximum atomic E-state index is 11.8. The number of hydrogen-bond donors (Lipinski definition) is 2. The Balaban J connectivity index is 4.23. The summed E-state index contributed by atoms with van der Waals surface area (Å²) in [6, 6.07) is 0. The predicted molar refractivity (Wildman–Crippen MR) is 67.7 cm³/mol. The Hall–Kier alpha value is -1.50. The molecule has 0 unspecified atom stereocenters. The summed E-state index contributed by atoms with van der Waals surface area (Å²) in [6.07, 6.45) is -0.122. The first-order valence-corrected chi connectivity index (χ1v) is 5.88. The number of methoxy groups -OCH3 is 1. The molecular formula is C11H23N3O4. The third kappa shape index (κ3) is 7.72. The first kappa shape index (κ1) is 16.5. The molecule has 0 aromatic heterocycles. The van der Waals surface area contributed by atoms with E-state index in [1.54, 1.807) is 7.11 Å². The summed E-state index contributed by atoms with van der Waals surface area (Å²) in [5.74, 6) is 0.358. The van der Waals surface area contributed by atoms with Gasteiger partial charge >= 0.3 is 6.09 Å². The van der Waals surface area contributed by atoms with Crippen LogP contribution in [0.25, 0.3) is 0 Å². The van der Waals surface area contributed by atoms with Gasteiger partial charge in [-0.2, -0.15) is 0 Å². The Bertz CT molecular complexity index is 269. The second kappa shape index (κ2) is 9.52. The van der Waals surface area contributed by atoms with Gasteiger partial charge in [0.1, 0.15) is 5.84 Å². The van der Waals surface area contributed by atoms with E-state index in [0.29, 0.717) is 26.3 Å². The first-order chi connectivity index (χ1) is 8.51. The van der Waals surface area contributed by atoms with Crippen molar-refractivity contribution >= 4 is 11.9 Å². The van der Waals surface area contributed by atoms with Crippen LogP contribution in [0.5, 0.6) is 0 Å². The van der Waals surface area contributed by atoms with E-state index in [9.17, 15) is 4.79 Å². The Kier molecular flexibility index (Phi) is 8.73. The van der Waals surface area contributed by atoms with Gasteiger partial charge < -0.3 is 25.3 Å². The third-order valence-electron chi connectivity index (χ3n) is 2.13. The van der Waals surface area contributed by atoms with Crippen LogP contribution in [-0.2, 0) is 9.47 Å². The van der Waals surface area contributed by atoms with E-state index in [2.05, 4.69) is 5.16 Å². The highest BCUT2D eigenvalue weighted by atomic mass is 16.6. The second-order valence-corrected chi connectivity index (χ2v) is 4.29. The van der Waals surface area contributed by atoms with Crippen molar-refractivity contribution in [3.63, 3.8) is 0 Å². The van der Waals surface area contributed by atoms with Crippen LogP contribution >= 0.6 is 0 Å². The van der Waals surface area contributed by atoms with Crippen molar-refractivity contribution < 1.29 is 19.5 Å². The Morgan fingerprint density at radius 3 is 2.61 bits per heavy atom. The zero-order valence-corrected chi connectivity index (χ0v) is 11.3. The number of carbonyl (C=O) groups is 1. The lowest BCUT2D eigenvalue weighted by atomic mass is 10.2. The van der Waals surface area contributed by atoms with Crippen molar-refractivity contribution in [3.05, 3.63) is 0 Å². The van der Waals surface area contributed by atoms with Gasteiger partial charge in [0.05, 0.1) is 13.2 Å². The van der Waals surface area contributed by atoms with Crippen LogP contribution in [0.2, 0.25) is 0 Å². The smallest absolute Gasteiger partial charge is 0.409 e. The quantitative estimate of drug-likeness (QED) is 0.292. The van der Waals surface area contributed by atoms with E-state index in [0.717, 1.165) is 0 Å². The van der Waals surface area contributed by atoms with Gasteiger partial charge in [-0.15, -0.1) is 0 Å². The van der Waals surface area contributed by atoms with Crippen LogP contribution in [-0.4, -0.2) is 55.4 Å². The molecule has 0 aliphatic heterocycles. The molecule has 0 aliphatic carbocycles. The summed E-state index contributed by atoms with van der Waals surface area (Å²) in [4.78, 5) is 13.2. The highest BCUT2D eigenvalue weighted by molar-refractivity contribution is 5.80. The zero-order valence-electron chi connectivity index (χ0n) is 11.3. The van der Waals surface area contributed by atoms with Crippen LogP contribution in [0.3, 0.4) is 0 Å². The van der Waals surface area contributed by atoms with Crippen molar-refractivity contribution in [2.24, 2.45) is 16.8 Å². The summed E-state index contributed by atoms with van der Waals surface area (Å²) in [7, 11) is 1.56. The lowest BCUT2D eigenvalue weighted by molar-refractivity contribution is 0.0803. The molecule has 0 heterocycles. The van der Waals surface area contributed by atoms with E-state index in [1.807, 2.05) is 13.8 Å². The maximum absolute atomic E-state index is 11.8. The van der Waals surface area contributed by atoms with Crippen LogP contribution in [0, 0.1) is 5.92 Å². The lowest BCUT2D eigenvalue weighted by Gasteiger charge is -2.22. The molecular weight excluding hydrogens is 238 g/mol. The average Bonchev–Trinajstić information content (AvgIpc) is 2.35. The third-order valence-corrected chi connectivity index (χ3v) is 2.13. The highest BCUT2D eigenvalue weighted by Crippen LogP contribution is 2.00.